The molecule has 0 atom stereocenters. The largest absolute Gasteiger partial charge is 0.196 e. The number of fused-ring (bicyclic) bond motifs is 1. The van der Waals surface area contributed by atoms with E-state index in [1.807, 2.05) is 0 Å². The molecule has 1 aromatic carbocycles. The van der Waals surface area contributed by atoms with Crippen molar-refractivity contribution in [2.24, 2.45) is 0 Å². The first-order valence-electron chi connectivity index (χ1n) is 5.10. The molecule has 2 rings (SSSR count). The molecule has 0 spiro atoms. The third-order valence-electron chi connectivity index (χ3n) is 2.57. The molecule has 0 N–H and O–H groups in total. The molecule has 0 aliphatic rings. The van der Waals surface area contributed by atoms with Crippen molar-refractivity contribution in [3.63, 3.8) is 0 Å². The van der Waals surface area contributed by atoms with Gasteiger partial charge in [0.25, 0.3) is 0 Å². The second-order valence-electron chi connectivity index (χ2n) is 3.89. The molecular weight excluding hydrogens is 190 g/mol. The summed E-state index contributed by atoms with van der Waals surface area (Å²) in [6.07, 6.45) is 1.03. The van der Waals surface area contributed by atoms with E-state index in [-0.39, 0.29) is 0 Å². The number of rotatable bonds is 2. The Labute approximate surface area is 88.9 Å². The predicted octanol–water partition coefficient (Wildman–Crippen LogP) is 3.98. The molecule has 0 radical (unpaired) electrons. The van der Waals surface area contributed by atoms with Crippen LogP contribution in [0, 0.1) is 0 Å². The van der Waals surface area contributed by atoms with Gasteiger partial charge in [-0.2, -0.15) is 4.37 Å². The van der Waals surface area contributed by atoms with Crippen molar-refractivity contribution in [3.05, 3.63) is 29.5 Å². The van der Waals surface area contributed by atoms with Gasteiger partial charge in [-0.1, -0.05) is 26.8 Å². The highest BCUT2D eigenvalue weighted by atomic mass is 32.1. The molecule has 74 valence electrons. The van der Waals surface area contributed by atoms with Gasteiger partial charge in [-0.05, 0) is 41.6 Å². The molecule has 0 aliphatic carbocycles. The summed E-state index contributed by atoms with van der Waals surface area (Å²) in [7, 11) is 0. The highest BCUT2D eigenvalue weighted by Crippen LogP contribution is 2.26. The summed E-state index contributed by atoms with van der Waals surface area (Å²) in [4.78, 5) is 0. The minimum atomic E-state index is 0.601. The van der Waals surface area contributed by atoms with Crippen LogP contribution in [-0.2, 0) is 6.42 Å². The highest BCUT2D eigenvalue weighted by molar-refractivity contribution is 7.13. The maximum Gasteiger partial charge on any atom is 0.0618 e. The van der Waals surface area contributed by atoms with Gasteiger partial charge < -0.3 is 0 Å². The first-order valence-corrected chi connectivity index (χ1v) is 5.88. The number of aryl methyl sites for hydroxylation is 1. The Hall–Kier alpha value is -0.890. The first-order chi connectivity index (χ1) is 6.72. The Morgan fingerprint density at radius 1 is 1.36 bits per heavy atom. The Balaban J connectivity index is 2.61. The highest BCUT2D eigenvalue weighted by Gasteiger charge is 2.06. The minimum Gasteiger partial charge on any atom is -0.196 e. The van der Waals surface area contributed by atoms with Gasteiger partial charge in [0.05, 0.1) is 10.4 Å². The fraction of sp³-hybridized carbons (Fsp3) is 0.417. The maximum absolute atomic E-state index is 4.46. The molecule has 1 aromatic heterocycles. The van der Waals surface area contributed by atoms with E-state index in [0.717, 1.165) is 6.42 Å². The molecule has 0 saturated carbocycles. The zero-order chi connectivity index (χ0) is 10.1. The van der Waals surface area contributed by atoms with Gasteiger partial charge in [0.2, 0.25) is 0 Å². The van der Waals surface area contributed by atoms with Crippen LogP contribution in [0.15, 0.2) is 18.2 Å². The standard InChI is InChI=1S/C12H15NS/c1-4-11-10-7-9(8(2)3)5-6-12(10)14-13-11/h5-8H,4H2,1-3H3. The molecule has 0 saturated heterocycles. The van der Waals surface area contributed by atoms with Crippen LogP contribution in [0.4, 0.5) is 0 Å². The summed E-state index contributed by atoms with van der Waals surface area (Å²) in [5.74, 6) is 0.601. The van der Waals surface area contributed by atoms with Crippen LogP contribution >= 0.6 is 11.5 Å². The molecule has 2 aromatic rings. The van der Waals surface area contributed by atoms with E-state index in [2.05, 4.69) is 43.3 Å². The topological polar surface area (TPSA) is 12.9 Å². The molecule has 1 heterocycles. The SMILES string of the molecule is CCc1nsc2ccc(C(C)C)cc12. The second-order valence-corrected chi connectivity index (χ2v) is 4.70. The fourth-order valence-corrected chi connectivity index (χ4v) is 2.46. The third kappa shape index (κ3) is 1.55. The number of aromatic nitrogens is 1. The van der Waals surface area contributed by atoms with E-state index in [0.29, 0.717) is 5.92 Å². The lowest BCUT2D eigenvalue weighted by Crippen LogP contribution is -1.87. The Morgan fingerprint density at radius 3 is 2.79 bits per heavy atom. The first kappa shape index (κ1) is 9.66. The normalized spacial score (nSPS) is 11.4. The van der Waals surface area contributed by atoms with Crippen LogP contribution in [-0.4, -0.2) is 4.37 Å². The third-order valence-corrected chi connectivity index (χ3v) is 3.43. The molecule has 0 aliphatic heterocycles. The molecule has 0 amide bonds. The lowest BCUT2D eigenvalue weighted by molar-refractivity contribution is 0.868. The minimum absolute atomic E-state index is 0.601. The number of hydrogen-bond acceptors (Lipinski definition) is 2. The van der Waals surface area contributed by atoms with Crippen molar-refractivity contribution in [2.45, 2.75) is 33.1 Å². The maximum atomic E-state index is 4.46. The molecular formula is C12H15NS. The van der Waals surface area contributed by atoms with Gasteiger partial charge in [-0.15, -0.1) is 0 Å². The van der Waals surface area contributed by atoms with E-state index in [9.17, 15) is 0 Å². The number of nitrogens with zero attached hydrogens (tertiary/aromatic N) is 1. The molecule has 1 nitrogen and oxygen atoms in total. The Kier molecular flexibility index (Phi) is 2.55. The zero-order valence-corrected chi connectivity index (χ0v) is 9.69. The number of benzene rings is 1. The number of hydrogen-bond donors (Lipinski definition) is 0. The fourth-order valence-electron chi connectivity index (χ4n) is 1.62. The lowest BCUT2D eigenvalue weighted by atomic mass is 10.0. The van der Waals surface area contributed by atoms with Crippen molar-refractivity contribution in [2.75, 3.05) is 0 Å². The van der Waals surface area contributed by atoms with Crippen LogP contribution in [0.1, 0.15) is 37.9 Å². The monoisotopic (exact) mass is 205 g/mol. The summed E-state index contributed by atoms with van der Waals surface area (Å²) in [6.45, 7) is 6.62. The molecule has 0 fully saturated rings. The van der Waals surface area contributed by atoms with E-state index in [1.54, 1.807) is 11.5 Å². The van der Waals surface area contributed by atoms with E-state index in [4.69, 9.17) is 0 Å². The Morgan fingerprint density at radius 2 is 2.14 bits per heavy atom. The van der Waals surface area contributed by atoms with Gasteiger partial charge >= 0.3 is 0 Å². The van der Waals surface area contributed by atoms with Crippen molar-refractivity contribution in [1.82, 2.24) is 4.37 Å². The van der Waals surface area contributed by atoms with Gasteiger partial charge in [-0.25, -0.2) is 0 Å². The second kappa shape index (κ2) is 3.70. The van der Waals surface area contributed by atoms with Crippen molar-refractivity contribution in [1.29, 1.82) is 0 Å². The molecule has 0 bridgehead atoms. The van der Waals surface area contributed by atoms with Crippen LogP contribution < -0.4 is 0 Å². The quantitative estimate of drug-likeness (QED) is 0.722. The van der Waals surface area contributed by atoms with Crippen molar-refractivity contribution < 1.29 is 0 Å². The zero-order valence-electron chi connectivity index (χ0n) is 8.87. The summed E-state index contributed by atoms with van der Waals surface area (Å²) in [6, 6.07) is 6.70. The van der Waals surface area contributed by atoms with E-state index >= 15 is 0 Å². The van der Waals surface area contributed by atoms with Crippen LogP contribution in [0.25, 0.3) is 10.1 Å². The van der Waals surface area contributed by atoms with Gasteiger partial charge in [0.1, 0.15) is 0 Å². The Bertz CT molecular complexity index is 443. The molecule has 0 unspecified atom stereocenters. The van der Waals surface area contributed by atoms with Gasteiger partial charge in [0.15, 0.2) is 0 Å². The predicted molar refractivity (Wildman–Crippen MR) is 63.1 cm³/mol. The summed E-state index contributed by atoms with van der Waals surface area (Å²) in [5, 5.41) is 1.35. The van der Waals surface area contributed by atoms with Crippen LogP contribution in [0.2, 0.25) is 0 Å². The van der Waals surface area contributed by atoms with Crippen LogP contribution in [0.5, 0.6) is 0 Å². The summed E-state index contributed by atoms with van der Waals surface area (Å²) < 4.78 is 5.77. The smallest absolute Gasteiger partial charge is 0.0618 e. The average Bonchev–Trinajstić information content (AvgIpc) is 2.59. The van der Waals surface area contributed by atoms with Crippen LogP contribution in [0.3, 0.4) is 0 Å². The van der Waals surface area contributed by atoms with Gasteiger partial charge in [0, 0.05) is 5.39 Å². The van der Waals surface area contributed by atoms with E-state index < -0.39 is 0 Å². The van der Waals surface area contributed by atoms with Gasteiger partial charge in [-0.3, -0.25) is 0 Å². The van der Waals surface area contributed by atoms with E-state index in [1.165, 1.54) is 21.3 Å². The van der Waals surface area contributed by atoms with Crippen molar-refractivity contribution in [3.8, 4) is 0 Å². The summed E-state index contributed by atoms with van der Waals surface area (Å²) >= 11 is 1.61. The molecule has 2 heteroatoms. The molecule has 14 heavy (non-hydrogen) atoms. The lowest BCUT2D eigenvalue weighted by Gasteiger charge is -2.04. The summed E-state index contributed by atoms with van der Waals surface area (Å²) in [5.41, 5.74) is 2.65. The van der Waals surface area contributed by atoms with Crippen molar-refractivity contribution >= 4 is 21.6 Å². The average molecular weight is 205 g/mol.